The fourth-order valence-corrected chi connectivity index (χ4v) is 3.58. The molecule has 1 fully saturated rings. The average Bonchev–Trinajstić information content (AvgIpc) is 2.58. The van der Waals surface area contributed by atoms with Crippen molar-refractivity contribution in [2.45, 2.75) is 25.7 Å². The zero-order valence-corrected chi connectivity index (χ0v) is 13.1. The van der Waals surface area contributed by atoms with E-state index in [0.29, 0.717) is 24.7 Å². The molecule has 1 aliphatic carbocycles. The Bertz CT molecular complexity index is 812. The quantitative estimate of drug-likeness (QED) is 0.627. The van der Waals surface area contributed by atoms with E-state index >= 15 is 0 Å². The van der Waals surface area contributed by atoms with Crippen LogP contribution in [0.5, 0.6) is 5.75 Å². The van der Waals surface area contributed by atoms with E-state index in [9.17, 15) is 4.79 Å². The van der Waals surface area contributed by atoms with Crippen LogP contribution in [0, 0.1) is 5.92 Å². The van der Waals surface area contributed by atoms with E-state index in [-0.39, 0.29) is 0 Å². The van der Waals surface area contributed by atoms with Gasteiger partial charge in [-0.15, -0.1) is 0 Å². The summed E-state index contributed by atoms with van der Waals surface area (Å²) in [6.07, 6.45) is 3.51. The number of hydrogen-bond acceptors (Lipinski definition) is 2. The number of benzene rings is 3. The molecule has 116 valence electrons. The third-order valence-corrected chi connectivity index (χ3v) is 4.77. The normalized spacial score (nSPS) is 18.4. The lowest BCUT2D eigenvalue weighted by molar-refractivity contribution is -0.121. The number of ether oxygens (including phenoxy) is 1. The molecule has 0 aromatic heterocycles. The largest absolute Gasteiger partial charge is 0.492 e. The van der Waals surface area contributed by atoms with Crippen LogP contribution in [0.15, 0.2) is 54.6 Å². The first-order valence-electron chi connectivity index (χ1n) is 8.36. The molecule has 1 unspecified atom stereocenters. The Balaban J connectivity index is 1.72. The van der Waals surface area contributed by atoms with Gasteiger partial charge in [0, 0.05) is 23.6 Å². The minimum atomic E-state index is 0.356. The molecule has 2 nitrogen and oxygen atoms in total. The number of rotatable bonds is 3. The van der Waals surface area contributed by atoms with Gasteiger partial charge < -0.3 is 4.74 Å². The molecule has 0 radical (unpaired) electrons. The number of carbonyl (C=O) groups excluding carboxylic acids is 1. The molecule has 0 amide bonds. The summed E-state index contributed by atoms with van der Waals surface area (Å²) in [5.74, 6) is 1.69. The maximum absolute atomic E-state index is 11.7. The van der Waals surface area contributed by atoms with Gasteiger partial charge in [-0.3, -0.25) is 4.79 Å². The van der Waals surface area contributed by atoms with Crippen LogP contribution < -0.4 is 4.74 Å². The topological polar surface area (TPSA) is 26.3 Å². The van der Waals surface area contributed by atoms with E-state index in [0.717, 1.165) is 35.8 Å². The zero-order chi connectivity index (χ0) is 15.6. The smallest absolute Gasteiger partial charge is 0.134 e. The van der Waals surface area contributed by atoms with Crippen molar-refractivity contribution in [3.8, 4) is 5.75 Å². The lowest BCUT2D eigenvalue weighted by Crippen LogP contribution is -2.21. The van der Waals surface area contributed by atoms with Crippen LogP contribution in [0.4, 0.5) is 0 Å². The van der Waals surface area contributed by atoms with Gasteiger partial charge in [0.15, 0.2) is 0 Å². The second-order valence-corrected chi connectivity index (χ2v) is 6.46. The highest BCUT2D eigenvalue weighted by atomic mass is 16.5. The highest BCUT2D eigenvalue weighted by Crippen LogP contribution is 2.35. The third-order valence-electron chi connectivity index (χ3n) is 4.77. The van der Waals surface area contributed by atoms with Crippen molar-refractivity contribution in [1.82, 2.24) is 0 Å². The number of hydrogen-bond donors (Lipinski definition) is 0. The van der Waals surface area contributed by atoms with Gasteiger partial charge in [-0.2, -0.15) is 0 Å². The monoisotopic (exact) mass is 304 g/mol. The number of carbonyl (C=O) groups is 1. The second kappa shape index (κ2) is 6.04. The minimum absolute atomic E-state index is 0.356. The van der Waals surface area contributed by atoms with Gasteiger partial charge in [0.2, 0.25) is 0 Å². The summed E-state index contributed by atoms with van der Waals surface area (Å²) in [7, 11) is 0. The fraction of sp³-hybridized carbons (Fsp3) is 0.286. The van der Waals surface area contributed by atoms with Crippen molar-refractivity contribution in [2.24, 2.45) is 5.92 Å². The molecule has 1 saturated carbocycles. The first-order valence-corrected chi connectivity index (χ1v) is 8.36. The van der Waals surface area contributed by atoms with Crippen LogP contribution >= 0.6 is 0 Å². The van der Waals surface area contributed by atoms with Gasteiger partial charge in [-0.05, 0) is 35.6 Å². The summed E-state index contributed by atoms with van der Waals surface area (Å²) in [5.41, 5.74) is 0. The second-order valence-electron chi connectivity index (χ2n) is 6.46. The Kier molecular flexibility index (Phi) is 3.74. The first-order chi connectivity index (χ1) is 11.3. The molecule has 1 aliphatic rings. The highest BCUT2D eigenvalue weighted by molar-refractivity contribution is 6.05. The van der Waals surface area contributed by atoms with Crippen molar-refractivity contribution < 1.29 is 9.53 Å². The fourth-order valence-electron chi connectivity index (χ4n) is 3.58. The SMILES string of the molecule is O=C1CCCC(COc2c3ccccc3cc3ccccc23)C1. The molecule has 3 aromatic carbocycles. The predicted molar refractivity (Wildman–Crippen MR) is 93.9 cm³/mol. The molecular formula is C21H20O2. The number of ketones is 1. The van der Waals surface area contributed by atoms with Crippen molar-refractivity contribution in [3.63, 3.8) is 0 Å². The lowest BCUT2D eigenvalue weighted by atomic mass is 9.89. The van der Waals surface area contributed by atoms with Crippen LogP contribution in [0.25, 0.3) is 21.5 Å². The van der Waals surface area contributed by atoms with Crippen LogP contribution in [-0.2, 0) is 4.79 Å². The Morgan fingerprint density at radius 3 is 2.26 bits per heavy atom. The van der Waals surface area contributed by atoms with E-state index in [1.165, 1.54) is 10.8 Å². The van der Waals surface area contributed by atoms with E-state index in [1.807, 2.05) is 12.1 Å². The van der Waals surface area contributed by atoms with Crippen LogP contribution in [0.2, 0.25) is 0 Å². The van der Waals surface area contributed by atoms with E-state index < -0.39 is 0 Å². The zero-order valence-electron chi connectivity index (χ0n) is 13.1. The molecule has 0 spiro atoms. The first kappa shape index (κ1) is 14.3. The van der Waals surface area contributed by atoms with Gasteiger partial charge in [-0.25, -0.2) is 0 Å². The summed E-state index contributed by atoms with van der Waals surface area (Å²) in [6, 6.07) is 18.9. The molecule has 4 rings (SSSR count). The van der Waals surface area contributed by atoms with Crippen molar-refractivity contribution in [1.29, 1.82) is 0 Å². The van der Waals surface area contributed by atoms with E-state index in [2.05, 4.69) is 42.5 Å². The molecule has 0 heterocycles. The number of fused-ring (bicyclic) bond motifs is 2. The third kappa shape index (κ3) is 2.81. The molecule has 0 N–H and O–H groups in total. The molecule has 0 bridgehead atoms. The predicted octanol–water partition coefficient (Wildman–Crippen LogP) is 5.13. The maximum atomic E-state index is 11.7. The van der Waals surface area contributed by atoms with Crippen molar-refractivity contribution >= 4 is 27.3 Å². The summed E-state index contributed by atoms with van der Waals surface area (Å²) in [4.78, 5) is 11.7. The number of Topliss-reactive ketones (excluding diaryl/α,β-unsaturated/α-hetero) is 1. The van der Waals surface area contributed by atoms with Gasteiger partial charge in [-0.1, -0.05) is 48.5 Å². The minimum Gasteiger partial charge on any atom is -0.492 e. The Hall–Kier alpha value is -2.35. The van der Waals surface area contributed by atoms with E-state index in [1.54, 1.807) is 0 Å². The summed E-state index contributed by atoms with van der Waals surface area (Å²) in [6.45, 7) is 0.629. The van der Waals surface area contributed by atoms with Crippen molar-refractivity contribution in [2.75, 3.05) is 6.61 Å². The van der Waals surface area contributed by atoms with Gasteiger partial charge in [0.1, 0.15) is 11.5 Å². The van der Waals surface area contributed by atoms with Crippen LogP contribution in [0.1, 0.15) is 25.7 Å². The standard InChI is InChI=1S/C21H20O2/c22-18-9-5-6-15(12-18)14-23-21-19-10-3-1-7-16(19)13-17-8-2-4-11-20(17)21/h1-4,7-8,10-11,13,15H,5-6,9,12,14H2. The van der Waals surface area contributed by atoms with Gasteiger partial charge in [0.05, 0.1) is 6.61 Å². The Labute approximate surface area is 136 Å². The molecule has 0 aliphatic heterocycles. The summed E-state index contributed by atoms with van der Waals surface area (Å²) < 4.78 is 6.27. The summed E-state index contributed by atoms with van der Waals surface area (Å²) >= 11 is 0. The van der Waals surface area contributed by atoms with Crippen molar-refractivity contribution in [3.05, 3.63) is 54.6 Å². The molecule has 2 heteroatoms. The highest BCUT2D eigenvalue weighted by Gasteiger charge is 2.20. The van der Waals surface area contributed by atoms with Gasteiger partial charge >= 0.3 is 0 Å². The van der Waals surface area contributed by atoms with E-state index in [4.69, 9.17) is 4.74 Å². The Morgan fingerprint density at radius 1 is 0.957 bits per heavy atom. The summed E-state index contributed by atoms with van der Waals surface area (Å²) in [5, 5.41) is 4.68. The van der Waals surface area contributed by atoms with Crippen LogP contribution in [-0.4, -0.2) is 12.4 Å². The molecule has 0 saturated heterocycles. The maximum Gasteiger partial charge on any atom is 0.134 e. The van der Waals surface area contributed by atoms with Crippen LogP contribution in [0.3, 0.4) is 0 Å². The molecule has 3 aromatic rings. The molecule has 1 atom stereocenters. The van der Waals surface area contributed by atoms with Gasteiger partial charge in [0.25, 0.3) is 0 Å². The average molecular weight is 304 g/mol. The Morgan fingerprint density at radius 2 is 1.61 bits per heavy atom. The molecule has 23 heavy (non-hydrogen) atoms. The lowest BCUT2D eigenvalue weighted by Gasteiger charge is -2.22. The molecular weight excluding hydrogens is 284 g/mol.